The van der Waals surface area contributed by atoms with Crippen LogP contribution in [0.25, 0.3) is 0 Å². The van der Waals surface area contributed by atoms with Crippen LogP contribution in [0.1, 0.15) is 24.1 Å². The van der Waals surface area contributed by atoms with E-state index in [1.54, 1.807) is 10.7 Å². The normalized spacial score (nSPS) is 14.7. The van der Waals surface area contributed by atoms with Crippen molar-refractivity contribution in [2.75, 3.05) is 6.54 Å². The van der Waals surface area contributed by atoms with Crippen molar-refractivity contribution in [1.29, 1.82) is 0 Å². The summed E-state index contributed by atoms with van der Waals surface area (Å²) in [5.41, 5.74) is 1.59. The van der Waals surface area contributed by atoms with E-state index in [0.717, 1.165) is 18.2 Å². The Balaban J connectivity index is 1.59. The zero-order chi connectivity index (χ0) is 13.9. The van der Waals surface area contributed by atoms with Crippen LogP contribution in [0.3, 0.4) is 0 Å². The number of nitrogens with zero attached hydrogens (tertiary/aromatic N) is 3. The molecule has 0 unspecified atom stereocenters. The van der Waals surface area contributed by atoms with Crippen molar-refractivity contribution in [3.63, 3.8) is 0 Å². The van der Waals surface area contributed by atoms with Crippen LogP contribution in [0.15, 0.2) is 24.4 Å². The summed E-state index contributed by atoms with van der Waals surface area (Å²) in [6.07, 6.45) is 4.52. The summed E-state index contributed by atoms with van der Waals surface area (Å²) < 4.78 is 14.9. The van der Waals surface area contributed by atoms with Gasteiger partial charge in [-0.25, -0.2) is 9.07 Å². The monoisotopic (exact) mass is 294 g/mol. The SMILES string of the molecule is Fc1ccc(Cl)c(Cn2cc(CNCC3CC3)nn2)c1. The summed E-state index contributed by atoms with van der Waals surface area (Å²) in [5.74, 6) is 0.548. The molecule has 6 heteroatoms. The number of hydrogen-bond acceptors (Lipinski definition) is 3. The van der Waals surface area contributed by atoms with Crippen LogP contribution in [-0.2, 0) is 13.1 Å². The predicted molar refractivity (Wildman–Crippen MR) is 75.0 cm³/mol. The van der Waals surface area contributed by atoms with E-state index in [0.29, 0.717) is 23.7 Å². The molecule has 0 bridgehead atoms. The number of aromatic nitrogens is 3. The fourth-order valence-electron chi connectivity index (χ4n) is 2.06. The summed E-state index contributed by atoms with van der Waals surface area (Å²) in [5, 5.41) is 12.0. The van der Waals surface area contributed by atoms with E-state index in [9.17, 15) is 4.39 Å². The van der Waals surface area contributed by atoms with Crippen LogP contribution in [0.2, 0.25) is 5.02 Å². The van der Waals surface area contributed by atoms with Gasteiger partial charge in [-0.15, -0.1) is 5.10 Å². The van der Waals surface area contributed by atoms with Gasteiger partial charge in [0.2, 0.25) is 0 Å². The number of rotatable bonds is 6. The van der Waals surface area contributed by atoms with E-state index >= 15 is 0 Å². The molecular formula is C14H16ClFN4. The maximum atomic E-state index is 13.2. The highest BCUT2D eigenvalue weighted by Crippen LogP contribution is 2.27. The molecule has 0 atom stereocenters. The molecule has 0 radical (unpaired) electrons. The van der Waals surface area contributed by atoms with Crippen LogP contribution >= 0.6 is 11.6 Å². The van der Waals surface area contributed by atoms with Crippen LogP contribution in [-0.4, -0.2) is 21.5 Å². The molecule has 1 aromatic carbocycles. The van der Waals surface area contributed by atoms with Crippen LogP contribution in [0, 0.1) is 11.7 Å². The largest absolute Gasteiger partial charge is 0.311 e. The number of nitrogens with one attached hydrogen (secondary N) is 1. The maximum absolute atomic E-state index is 13.2. The predicted octanol–water partition coefficient (Wildman–Crippen LogP) is 2.62. The van der Waals surface area contributed by atoms with Crippen molar-refractivity contribution in [2.24, 2.45) is 5.92 Å². The van der Waals surface area contributed by atoms with Gasteiger partial charge < -0.3 is 5.32 Å². The molecule has 1 aliphatic carbocycles. The Morgan fingerprint density at radius 1 is 1.40 bits per heavy atom. The molecule has 0 saturated heterocycles. The number of hydrogen-bond donors (Lipinski definition) is 1. The molecule has 1 saturated carbocycles. The van der Waals surface area contributed by atoms with Crippen molar-refractivity contribution in [3.8, 4) is 0 Å². The first-order chi connectivity index (χ1) is 9.70. The first-order valence-corrected chi connectivity index (χ1v) is 7.12. The van der Waals surface area contributed by atoms with Gasteiger partial charge >= 0.3 is 0 Å². The molecule has 0 aliphatic heterocycles. The summed E-state index contributed by atoms with van der Waals surface area (Å²) in [4.78, 5) is 0. The van der Waals surface area contributed by atoms with Gasteiger partial charge in [0.15, 0.2) is 0 Å². The molecule has 1 N–H and O–H groups in total. The van der Waals surface area contributed by atoms with E-state index < -0.39 is 0 Å². The van der Waals surface area contributed by atoms with Gasteiger partial charge in [0.25, 0.3) is 0 Å². The fraction of sp³-hybridized carbons (Fsp3) is 0.429. The second kappa shape index (κ2) is 5.89. The Kier molecular flexibility index (Phi) is 3.98. The lowest BCUT2D eigenvalue weighted by Crippen LogP contribution is -2.16. The minimum absolute atomic E-state index is 0.296. The molecule has 1 fully saturated rings. The van der Waals surface area contributed by atoms with Gasteiger partial charge in [-0.1, -0.05) is 16.8 Å². The van der Waals surface area contributed by atoms with Crippen molar-refractivity contribution < 1.29 is 4.39 Å². The first kappa shape index (κ1) is 13.5. The molecule has 3 rings (SSSR count). The maximum Gasteiger partial charge on any atom is 0.123 e. The summed E-state index contributed by atoms with van der Waals surface area (Å²) >= 11 is 6.04. The fourth-order valence-corrected chi connectivity index (χ4v) is 2.24. The lowest BCUT2D eigenvalue weighted by molar-refractivity contribution is 0.613. The lowest BCUT2D eigenvalue weighted by Gasteiger charge is -2.03. The highest BCUT2D eigenvalue weighted by molar-refractivity contribution is 6.31. The lowest BCUT2D eigenvalue weighted by atomic mass is 10.2. The second-order valence-electron chi connectivity index (χ2n) is 5.22. The molecule has 20 heavy (non-hydrogen) atoms. The van der Waals surface area contributed by atoms with E-state index in [4.69, 9.17) is 11.6 Å². The second-order valence-corrected chi connectivity index (χ2v) is 5.62. The average Bonchev–Trinajstić information content (AvgIpc) is 3.14. The minimum Gasteiger partial charge on any atom is -0.311 e. The van der Waals surface area contributed by atoms with Crippen molar-refractivity contribution >= 4 is 11.6 Å². The highest BCUT2D eigenvalue weighted by Gasteiger charge is 2.20. The van der Waals surface area contributed by atoms with Gasteiger partial charge in [-0.05, 0) is 49.1 Å². The molecule has 0 amide bonds. The van der Waals surface area contributed by atoms with Gasteiger partial charge in [-0.2, -0.15) is 0 Å². The molecule has 106 valence electrons. The molecule has 1 aromatic heterocycles. The van der Waals surface area contributed by atoms with Crippen LogP contribution < -0.4 is 5.32 Å². The Morgan fingerprint density at radius 3 is 3.05 bits per heavy atom. The first-order valence-electron chi connectivity index (χ1n) is 6.74. The molecular weight excluding hydrogens is 279 g/mol. The van der Waals surface area contributed by atoms with Gasteiger partial charge in [0.1, 0.15) is 5.82 Å². The van der Waals surface area contributed by atoms with E-state index in [2.05, 4.69) is 15.6 Å². The summed E-state index contributed by atoms with van der Waals surface area (Å²) in [6, 6.07) is 4.33. The Labute approximate surface area is 121 Å². The van der Waals surface area contributed by atoms with Crippen LogP contribution in [0.5, 0.6) is 0 Å². The zero-order valence-corrected chi connectivity index (χ0v) is 11.8. The average molecular weight is 295 g/mol. The third-order valence-corrected chi connectivity index (χ3v) is 3.73. The van der Waals surface area contributed by atoms with Crippen molar-refractivity contribution in [3.05, 3.63) is 46.5 Å². The minimum atomic E-state index is -0.296. The van der Waals surface area contributed by atoms with E-state index in [1.807, 2.05) is 6.20 Å². The number of benzene rings is 1. The van der Waals surface area contributed by atoms with Crippen molar-refractivity contribution in [2.45, 2.75) is 25.9 Å². The van der Waals surface area contributed by atoms with Crippen LogP contribution in [0.4, 0.5) is 4.39 Å². The Hall–Kier alpha value is -1.46. The third kappa shape index (κ3) is 3.55. The topological polar surface area (TPSA) is 42.7 Å². The van der Waals surface area contributed by atoms with Gasteiger partial charge in [-0.3, -0.25) is 0 Å². The van der Waals surface area contributed by atoms with Gasteiger partial charge in [0.05, 0.1) is 18.4 Å². The molecule has 1 heterocycles. The van der Waals surface area contributed by atoms with E-state index in [1.165, 1.54) is 25.0 Å². The zero-order valence-electron chi connectivity index (χ0n) is 11.0. The quantitative estimate of drug-likeness (QED) is 0.890. The number of halogens is 2. The van der Waals surface area contributed by atoms with Gasteiger partial charge in [0, 0.05) is 11.6 Å². The molecule has 1 aliphatic rings. The van der Waals surface area contributed by atoms with E-state index in [-0.39, 0.29) is 5.82 Å². The smallest absolute Gasteiger partial charge is 0.123 e. The molecule has 2 aromatic rings. The summed E-state index contributed by atoms with van der Waals surface area (Å²) in [7, 11) is 0. The Bertz CT molecular complexity index is 595. The highest BCUT2D eigenvalue weighted by atomic mass is 35.5. The summed E-state index contributed by atoms with van der Waals surface area (Å²) in [6.45, 7) is 2.18. The standard InChI is InChI=1S/C14H16ClFN4/c15-14-4-3-12(16)5-11(14)8-20-9-13(18-19-20)7-17-6-10-1-2-10/h3-5,9-10,17H,1-2,6-8H2. The molecule has 0 spiro atoms. The third-order valence-electron chi connectivity index (χ3n) is 3.36. The Morgan fingerprint density at radius 2 is 2.25 bits per heavy atom. The molecule has 4 nitrogen and oxygen atoms in total. The van der Waals surface area contributed by atoms with Crippen molar-refractivity contribution in [1.82, 2.24) is 20.3 Å².